The molecule has 0 radical (unpaired) electrons. The molecule has 0 amide bonds. The lowest BCUT2D eigenvalue weighted by Crippen LogP contribution is -2.13. The second-order valence-electron chi connectivity index (χ2n) is 1.81. The number of rotatable bonds is 2. The van der Waals surface area contributed by atoms with E-state index in [2.05, 4.69) is 20.9 Å². The molecular weight excluding hydrogens is 164 g/mol. The highest BCUT2D eigenvalue weighted by Crippen LogP contribution is 2.08. The number of anilines is 1. The van der Waals surface area contributed by atoms with Crippen molar-refractivity contribution in [1.82, 2.24) is 10.2 Å². The van der Waals surface area contributed by atoms with Gasteiger partial charge in [0.1, 0.15) is 5.56 Å². The molecule has 1 rings (SSSR count). The summed E-state index contributed by atoms with van der Waals surface area (Å²) in [6, 6.07) is 1.31. The molecule has 0 spiro atoms. The van der Waals surface area contributed by atoms with Crippen molar-refractivity contribution in [3.05, 3.63) is 17.8 Å². The van der Waals surface area contributed by atoms with Gasteiger partial charge in [-0.15, -0.1) is 5.10 Å². The van der Waals surface area contributed by atoms with Crippen LogP contribution in [0.4, 0.5) is 5.82 Å². The van der Waals surface area contributed by atoms with Gasteiger partial charge in [0.25, 0.3) is 0 Å². The summed E-state index contributed by atoms with van der Waals surface area (Å²) in [4.78, 5) is 14.7. The van der Waals surface area contributed by atoms with Gasteiger partial charge in [0.05, 0.1) is 6.20 Å². The summed E-state index contributed by atoms with van der Waals surface area (Å²) in [6.07, 6.45) is 1.27. The van der Waals surface area contributed by atoms with E-state index in [1.165, 1.54) is 12.3 Å². The molecule has 0 aromatic carbocycles. The van der Waals surface area contributed by atoms with Gasteiger partial charge in [-0.2, -0.15) is 11.0 Å². The van der Waals surface area contributed by atoms with Crippen LogP contribution < -0.4 is 11.4 Å². The third-order valence-corrected chi connectivity index (χ3v) is 1.15. The highest BCUT2D eigenvalue weighted by atomic mass is 16.7. The summed E-state index contributed by atoms with van der Waals surface area (Å²) in [5, 5.41) is 15.3. The monoisotopic (exact) mass is 170 g/mol. The van der Waals surface area contributed by atoms with Gasteiger partial charge in [0.2, 0.25) is 0 Å². The van der Waals surface area contributed by atoms with Gasteiger partial charge in [0, 0.05) is 0 Å². The molecule has 64 valence electrons. The van der Waals surface area contributed by atoms with Crippen molar-refractivity contribution in [2.24, 2.45) is 5.90 Å². The summed E-state index contributed by atoms with van der Waals surface area (Å²) in [5.74, 6) is 3.71. The van der Waals surface area contributed by atoms with E-state index in [-0.39, 0.29) is 11.4 Å². The smallest absolute Gasteiger partial charge is 0.360 e. The molecule has 1 aromatic rings. The van der Waals surface area contributed by atoms with Crippen molar-refractivity contribution in [3.63, 3.8) is 0 Å². The summed E-state index contributed by atoms with van der Waals surface area (Å²) in [5.41, 5.74) is 1.69. The van der Waals surface area contributed by atoms with Crippen molar-refractivity contribution in [2.75, 3.05) is 5.48 Å². The molecule has 0 aliphatic carbocycles. The Hall–Kier alpha value is -1.73. The molecule has 7 nitrogen and oxygen atoms in total. The van der Waals surface area contributed by atoms with Crippen LogP contribution in [0.2, 0.25) is 0 Å². The Balaban J connectivity index is 3.04. The lowest BCUT2D eigenvalue weighted by molar-refractivity contribution is 0.0503. The highest BCUT2D eigenvalue weighted by molar-refractivity contribution is 5.93. The molecule has 12 heavy (non-hydrogen) atoms. The first-order valence-corrected chi connectivity index (χ1v) is 2.92. The minimum atomic E-state index is -0.804. The second kappa shape index (κ2) is 3.60. The Morgan fingerprint density at radius 2 is 2.50 bits per heavy atom. The lowest BCUT2D eigenvalue weighted by Gasteiger charge is -2.01. The Bertz CT molecular complexity index is 290. The minimum Gasteiger partial charge on any atom is -0.370 e. The maximum absolute atomic E-state index is 10.8. The molecule has 0 atom stereocenters. The number of hydrogen-bond donors (Lipinski definition) is 3. The summed E-state index contributed by atoms with van der Waals surface area (Å²) in [7, 11) is 0. The van der Waals surface area contributed by atoms with E-state index in [1.807, 2.05) is 0 Å². The largest absolute Gasteiger partial charge is 0.370 e. The van der Waals surface area contributed by atoms with Gasteiger partial charge in [-0.1, -0.05) is 0 Å². The predicted octanol–water partition coefficient (Wildman–Crippen LogP) is -0.692. The van der Waals surface area contributed by atoms with E-state index in [4.69, 9.17) is 5.21 Å². The normalized spacial score (nSPS) is 9.17. The molecule has 1 heterocycles. The van der Waals surface area contributed by atoms with Crippen molar-refractivity contribution in [1.29, 1.82) is 0 Å². The number of nitrogens with zero attached hydrogens (tertiary/aromatic N) is 2. The average Bonchev–Trinajstić information content (AvgIpc) is 2.16. The minimum absolute atomic E-state index is 0.00926. The first-order chi connectivity index (χ1) is 5.79. The van der Waals surface area contributed by atoms with Crippen LogP contribution in [0.5, 0.6) is 0 Å². The zero-order chi connectivity index (χ0) is 8.97. The first-order valence-electron chi connectivity index (χ1n) is 2.92. The Morgan fingerprint density at radius 3 is 3.08 bits per heavy atom. The topological polar surface area (TPSA) is 110 Å². The van der Waals surface area contributed by atoms with Crippen LogP contribution in [-0.2, 0) is 4.84 Å². The van der Waals surface area contributed by atoms with Crippen LogP contribution in [0.25, 0.3) is 0 Å². The third-order valence-electron chi connectivity index (χ3n) is 1.15. The average molecular weight is 170 g/mol. The Labute approximate surface area is 67.1 Å². The van der Waals surface area contributed by atoms with Crippen LogP contribution in [0.3, 0.4) is 0 Å². The van der Waals surface area contributed by atoms with Gasteiger partial charge in [0.15, 0.2) is 5.82 Å². The zero-order valence-electron chi connectivity index (χ0n) is 5.89. The summed E-state index contributed by atoms with van der Waals surface area (Å²) < 4.78 is 0. The van der Waals surface area contributed by atoms with Crippen molar-refractivity contribution in [3.8, 4) is 0 Å². The van der Waals surface area contributed by atoms with Crippen molar-refractivity contribution >= 4 is 11.8 Å². The van der Waals surface area contributed by atoms with Crippen LogP contribution in [0.1, 0.15) is 10.4 Å². The van der Waals surface area contributed by atoms with Crippen LogP contribution >= 0.6 is 0 Å². The van der Waals surface area contributed by atoms with Gasteiger partial charge < -0.3 is 4.84 Å². The van der Waals surface area contributed by atoms with Crippen molar-refractivity contribution < 1.29 is 14.8 Å². The molecule has 0 unspecified atom stereocenters. The van der Waals surface area contributed by atoms with E-state index < -0.39 is 5.97 Å². The fraction of sp³-hybridized carbons (Fsp3) is 0. The maximum Gasteiger partial charge on any atom is 0.360 e. The van der Waals surface area contributed by atoms with Crippen molar-refractivity contribution in [2.45, 2.75) is 0 Å². The third kappa shape index (κ3) is 1.47. The number of hydrogen-bond acceptors (Lipinski definition) is 7. The van der Waals surface area contributed by atoms with Crippen LogP contribution in [-0.4, -0.2) is 21.4 Å². The highest BCUT2D eigenvalue weighted by Gasteiger charge is 2.12. The van der Waals surface area contributed by atoms with Gasteiger partial charge >= 0.3 is 5.97 Å². The SMILES string of the molecule is NOC(=O)c1ccnnc1NO. The number of carbonyl (C=O) groups is 1. The molecule has 1 aromatic heterocycles. The van der Waals surface area contributed by atoms with E-state index in [0.717, 1.165) is 0 Å². The van der Waals surface area contributed by atoms with E-state index >= 15 is 0 Å². The fourth-order valence-corrected chi connectivity index (χ4v) is 0.643. The van der Waals surface area contributed by atoms with E-state index in [1.54, 1.807) is 5.48 Å². The predicted molar refractivity (Wildman–Crippen MR) is 37.0 cm³/mol. The molecule has 0 saturated heterocycles. The Kier molecular flexibility index (Phi) is 2.51. The molecular formula is C5H6N4O3. The lowest BCUT2D eigenvalue weighted by atomic mass is 10.3. The zero-order valence-corrected chi connectivity index (χ0v) is 5.89. The maximum atomic E-state index is 10.8. The summed E-state index contributed by atoms with van der Waals surface area (Å²) in [6.45, 7) is 0. The molecule has 0 fully saturated rings. The Morgan fingerprint density at radius 1 is 1.75 bits per heavy atom. The molecule has 7 heteroatoms. The number of nitrogens with one attached hydrogen (secondary N) is 1. The summed E-state index contributed by atoms with van der Waals surface area (Å²) >= 11 is 0. The number of aromatic nitrogens is 2. The molecule has 0 bridgehead atoms. The number of carbonyl (C=O) groups excluding carboxylic acids is 1. The fourth-order valence-electron chi connectivity index (χ4n) is 0.643. The second-order valence-corrected chi connectivity index (χ2v) is 1.81. The van der Waals surface area contributed by atoms with Crippen LogP contribution in [0.15, 0.2) is 12.3 Å². The van der Waals surface area contributed by atoms with Crippen LogP contribution in [0, 0.1) is 0 Å². The standard InChI is InChI=1S/C5H6N4O3/c6-12-5(10)3-1-2-7-8-4(3)9-11/h1-2,11H,6H2,(H,8,9). The van der Waals surface area contributed by atoms with E-state index in [0.29, 0.717) is 0 Å². The molecule has 0 saturated carbocycles. The van der Waals surface area contributed by atoms with Gasteiger partial charge in [-0.3, -0.25) is 5.21 Å². The van der Waals surface area contributed by atoms with E-state index in [9.17, 15) is 4.79 Å². The molecule has 0 aliphatic rings. The van der Waals surface area contributed by atoms with Gasteiger partial charge in [-0.05, 0) is 6.07 Å². The number of nitrogens with two attached hydrogens (primary N) is 1. The quantitative estimate of drug-likeness (QED) is 0.503. The first kappa shape index (κ1) is 8.37. The molecule has 0 aliphatic heterocycles. The van der Waals surface area contributed by atoms with Gasteiger partial charge in [-0.25, -0.2) is 10.3 Å². The molecule has 4 N–H and O–H groups in total.